The van der Waals surface area contributed by atoms with E-state index in [0.29, 0.717) is 32.5 Å². The number of piperidine rings is 1. The SMILES string of the molecule is CCC[C@H](C)N1CC2(CCN(C(=O)c3cc(F)ccc3F)CC2)OC1=O. The third kappa shape index (κ3) is 3.52. The first-order chi connectivity index (χ1) is 12.3. The van der Waals surface area contributed by atoms with Gasteiger partial charge in [0.15, 0.2) is 0 Å². The lowest BCUT2D eigenvalue weighted by Gasteiger charge is -2.37. The fourth-order valence-corrected chi connectivity index (χ4v) is 3.77. The zero-order chi connectivity index (χ0) is 18.9. The highest BCUT2D eigenvalue weighted by Crippen LogP contribution is 2.35. The zero-order valence-electron chi connectivity index (χ0n) is 15.1. The molecule has 2 saturated heterocycles. The molecule has 2 heterocycles. The number of halogens is 2. The van der Waals surface area contributed by atoms with Crippen LogP contribution < -0.4 is 0 Å². The Morgan fingerprint density at radius 3 is 2.65 bits per heavy atom. The molecule has 1 aromatic rings. The van der Waals surface area contributed by atoms with Gasteiger partial charge in [-0.15, -0.1) is 0 Å². The molecular formula is C19H24F2N2O3. The van der Waals surface area contributed by atoms with Crippen LogP contribution in [-0.2, 0) is 4.74 Å². The summed E-state index contributed by atoms with van der Waals surface area (Å²) in [6.45, 7) is 5.29. The van der Waals surface area contributed by atoms with Gasteiger partial charge in [-0.3, -0.25) is 4.79 Å². The van der Waals surface area contributed by atoms with Crippen molar-refractivity contribution >= 4 is 12.0 Å². The summed E-state index contributed by atoms with van der Waals surface area (Å²) in [4.78, 5) is 28.0. The van der Waals surface area contributed by atoms with Crippen LogP contribution in [0, 0.1) is 11.6 Å². The standard InChI is InChI=1S/C19H24F2N2O3/c1-3-4-13(2)23-12-19(26-18(23)25)7-9-22(10-8-19)17(24)15-11-14(20)5-6-16(15)21/h5-6,11,13H,3-4,7-10,12H2,1-2H3/t13-/m0/s1. The predicted octanol–water partition coefficient (Wildman–Crippen LogP) is 3.58. The van der Waals surface area contributed by atoms with Gasteiger partial charge in [0.05, 0.1) is 12.1 Å². The maximum atomic E-state index is 13.8. The number of hydrogen-bond donors (Lipinski definition) is 0. The molecule has 2 fully saturated rings. The Bertz CT molecular complexity index is 702. The van der Waals surface area contributed by atoms with Gasteiger partial charge < -0.3 is 14.5 Å². The number of carbonyl (C=O) groups excluding carboxylic acids is 2. The van der Waals surface area contributed by atoms with Gasteiger partial charge in [0.2, 0.25) is 0 Å². The first kappa shape index (κ1) is 18.6. The van der Waals surface area contributed by atoms with Gasteiger partial charge in [0, 0.05) is 32.0 Å². The van der Waals surface area contributed by atoms with Crippen LogP contribution in [0.1, 0.15) is 49.9 Å². The van der Waals surface area contributed by atoms with Crippen molar-refractivity contribution in [1.29, 1.82) is 0 Å². The lowest BCUT2D eigenvalue weighted by Crippen LogP contribution is -2.49. The number of amides is 2. The van der Waals surface area contributed by atoms with E-state index in [9.17, 15) is 18.4 Å². The molecule has 0 aromatic heterocycles. The normalized spacial score (nSPS) is 20.4. The van der Waals surface area contributed by atoms with Gasteiger partial charge >= 0.3 is 6.09 Å². The summed E-state index contributed by atoms with van der Waals surface area (Å²) in [6.07, 6.45) is 2.59. The summed E-state index contributed by atoms with van der Waals surface area (Å²) >= 11 is 0. The number of benzene rings is 1. The minimum atomic E-state index is -0.733. The third-order valence-corrected chi connectivity index (χ3v) is 5.36. The van der Waals surface area contributed by atoms with E-state index in [1.54, 1.807) is 4.90 Å². The van der Waals surface area contributed by atoms with Crippen molar-refractivity contribution in [3.63, 3.8) is 0 Å². The smallest absolute Gasteiger partial charge is 0.410 e. The van der Waals surface area contributed by atoms with Gasteiger partial charge in [0.1, 0.15) is 17.2 Å². The molecule has 0 radical (unpaired) electrons. The predicted molar refractivity (Wildman–Crippen MR) is 91.8 cm³/mol. The lowest BCUT2D eigenvalue weighted by atomic mass is 9.90. The number of carbonyl (C=O) groups is 2. The quantitative estimate of drug-likeness (QED) is 0.818. The first-order valence-corrected chi connectivity index (χ1v) is 9.09. The van der Waals surface area contributed by atoms with Gasteiger partial charge in [0.25, 0.3) is 5.91 Å². The van der Waals surface area contributed by atoms with Crippen LogP contribution in [0.3, 0.4) is 0 Å². The van der Waals surface area contributed by atoms with Crippen molar-refractivity contribution in [1.82, 2.24) is 9.80 Å². The molecule has 1 spiro atoms. The van der Waals surface area contributed by atoms with Crippen LogP contribution in [0.2, 0.25) is 0 Å². The number of hydrogen-bond acceptors (Lipinski definition) is 3. The summed E-state index contributed by atoms with van der Waals surface area (Å²) in [5.74, 6) is -1.91. The van der Waals surface area contributed by atoms with Crippen molar-refractivity contribution in [3.8, 4) is 0 Å². The van der Waals surface area contributed by atoms with Crippen molar-refractivity contribution < 1.29 is 23.1 Å². The van der Waals surface area contributed by atoms with E-state index in [1.165, 1.54) is 4.90 Å². The Hall–Kier alpha value is -2.18. The molecule has 2 amide bonds. The Morgan fingerprint density at radius 2 is 2.00 bits per heavy atom. The molecule has 3 rings (SSSR count). The van der Waals surface area contributed by atoms with E-state index in [1.807, 2.05) is 6.92 Å². The van der Waals surface area contributed by atoms with Crippen molar-refractivity contribution in [2.75, 3.05) is 19.6 Å². The molecule has 1 aromatic carbocycles. The molecule has 0 N–H and O–H groups in total. The summed E-state index contributed by atoms with van der Waals surface area (Å²) in [5, 5.41) is 0. The van der Waals surface area contributed by atoms with Gasteiger partial charge in [-0.25, -0.2) is 13.6 Å². The van der Waals surface area contributed by atoms with Crippen molar-refractivity contribution in [2.45, 2.75) is 51.2 Å². The molecule has 2 aliphatic heterocycles. The summed E-state index contributed by atoms with van der Waals surface area (Å²) < 4.78 is 32.8. The van der Waals surface area contributed by atoms with Gasteiger partial charge in [-0.2, -0.15) is 0 Å². The minimum Gasteiger partial charge on any atom is -0.441 e. The number of rotatable bonds is 4. The molecule has 7 heteroatoms. The molecule has 2 aliphatic rings. The average molecular weight is 366 g/mol. The van der Waals surface area contributed by atoms with Gasteiger partial charge in [-0.05, 0) is 31.5 Å². The van der Waals surface area contributed by atoms with E-state index in [4.69, 9.17) is 4.74 Å². The lowest BCUT2D eigenvalue weighted by molar-refractivity contribution is 0.00294. The number of likely N-dealkylation sites (tertiary alicyclic amines) is 1. The third-order valence-electron chi connectivity index (χ3n) is 5.36. The molecular weight excluding hydrogens is 342 g/mol. The van der Waals surface area contributed by atoms with E-state index >= 15 is 0 Å². The van der Waals surface area contributed by atoms with Crippen LogP contribution in [0.15, 0.2) is 18.2 Å². The molecule has 0 saturated carbocycles. The molecule has 1 atom stereocenters. The van der Waals surface area contributed by atoms with E-state index in [0.717, 1.165) is 31.0 Å². The van der Waals surface area contributed by atoms with Crippen LogP contribution >= 0.6 is 0 Å². The fraction of sp³-hybridized carbons (Fsp3) is 0.579. The molecule has 0 bridgehead atoms. The Balaban J connectivity index is 1.65. The molecule has 26 heavy (non-hydrogen) atoms. The summed E-state index contributed by atoms with van der Waals surface area (Å²) in [7, 11) is 0. The second-order valence-corrected chi connectivity index (χ2v) is 7.23. The molecule has 0 unspecified atom stereocenters. The van der Waals surface area contributed by atoms with Crippen LogP contribution in [0.25, 0.3) is 0 Å². The summed E-state index contributed by atoms with van der Waals surface area (Å²) in [5.41, 5.74) is -0.848. The van der Waals surface area contributed by atoms with Crippen LogP contribution in [-0.4, -0.2) is 53.1 Å². The maximum Gasteiger partial charge on any atom is 0.410 e. The highest BCUT2D eigenvalue weighted by molar-refractivity contribution is 5.94. The number of nitrogens with zero attached hydrogens (tertiary/aromatic N) is 2. The zero-order valence-corrected chi connectivity index (χ0v) is 15.1. The second-order valence-electron chi connectivity index (χ2n) is 7.23. The van der Waals surface area contributed by atoms with Crippen LogP contribution in [0.5, 0.6) is 0 Å². The fourth-order valence-electron chi connectivity index (χ4n) is 3.77. The topological polar surface area (TPSA) is 49.9 Å². The van der Waals surface area contributed by atoms with E-state index in [-0.39, 0.29) is 17.7 Å². The monoisotopic (exact) mass is 366 g/mol. The number of ether oxygens (including phenoxy) is 1. The molecule has 0 aliphatic carbocycles. The second kappa shape index (κ2) is 7.21. The minimum absolute atomic E-state index is 0.118. The Kier molecular flexibility index (Phi) is 5.16. The first-order valence-electron chi connectivity index (χ1n) is 9.09. The molecule has 5 nitrogen and oxygen atoms in total. The van der Waals surface area contributed by atoms with Crippen molar-refractivity contribution in [3.05, 3.63) is 35.4 Å². The Morgan fingerprint density at radius 1 is 1.31 bits per heavy atom. The molecule has 142 valence electrons. The summed E-state index contributed by atoms with van der Waals surface area (Å²) in [6, 6.07) is 2.99. The highest BCUT2D eigenvalue weighted by atomic mass is 19.1. The maximum absolute atomic E-state index is 13.8. The Labute approximate surface area is 151 Å². The average Bonchev–Trinajstić information content (AvgIpc) is 2.93. The van der Waals surface area contributed by atoms with Gasteiger partial charge in [-0.1, -0.05) is 13.3 Å². The van der Waals surface area contributed by atoms with Crippen LogP contribution in [0.4, 0.5) is 13.6 Å². The van der Waals surface area contributed by atoms with Crippen molar-refractivity contribution in [2.24, 2.45) is 0 Å². The van der Waals surface area contributed by atoms with E-state index in [2.05, 4.69) is 6.92 Å². The largest absolute Gasteiger partial charge is 0.441 e. The highest BCUT2D eigenvalue weighted by Gasteiger charge is 2.48. The van der Waals surface area contributed by atoms with E-state index < -0.39 is 23.1 Å².